The van der Waals surface area contributed by atoms with Crippen molar-refractivity contribution >= 4 is 41.2 Å². The summed E-state index contributed by atoms with van der Waals surface area (Å²) < 4.78 is 0. The van der Waals surface area contributed by atoms with Gasteiger partial charge in [-0.2, -0.15) is 0 Å². The number of fused-ring (bicyclic) bond motifs is 1. The number of rotatable bonds is 5. The number of carbonyl (C=O) groups excluding carboxylic acids is 1. The van der Waals surface area contributed by atoms with Gasteiger partial charge in [0.1, 0.15) is 7.28 Å². The molecule has 3 N–H and O–H groups in total. The summed E-state index contributed by atoms with van der Waals surface area (Å²) >= 11 is 0. The lowest BCUT2D eigenvalue weighted by Gasteiger charge is -2.14. The Hall–Kier alpha value is -2.75. The summed E-state index contributed by atoms with van der Waals surface area (Å²) in [6.07, 6.45) is 0.919. The predicted octanol–water partition coefficient (Wildman–Crippen LogP) is 3.22. The van der Waals surface area contributed by atoms with Crippen molar-refractivity contribution in [1.82, 2.24) is 0 Å². The molecule has 3 rings (SSSR count). The molecule has 4 heteroatoms. The van der Waals surface area contributed by atoms with Gasteiger partial charge in [-0.15, -0.1) is 0 Å². The van der Waals surface area contributed by atoms with Gasteiger partial charge in [0.15, 0.2) is 6.29 Å². The number of hydrogen-bond acceptors (Lipinski definition) is 3. The number of para-hydroxylation sites is 2. The highest BCUT2D eigenvalue weighted by atomic mass is 16.1. The molecule has 0 saturated heterocycles. The van der Waals surface area contributed by atoms with Crippen LogP contribution in [-0.2, 0) is 6.54 Å². The van der Waals surface area contributed by atoms with Crippen LogP contribution in [-0.4, -0.2) is 13.6 Å². The first-order chi connectivity index (χ1) is 11.2. The topological polar surface area (TPSA) is 55.1 Å². The minimum absolute atomic E-state index is 0.611. The molecule has 3 aromatic carbocycles. The van der Waals surface area contributed by atoms with E-state index in [0.717, 1.165) is 33.8 Å². The van der Waals surface area contributed by atoms with Crippen molar-refractivity contribution in [2.75, 3.05) is 11.1 Å². The van der Waals surface area contributed by atoms with Gasteiger partial charge >= 0.3 is 0 Å². The van der Waals surface area contributed by atoms with Gasteiger partial charge in [-0.3, -0.25) is 4.79 Å². The van der Waals surface area contributed by atoms with Crippen molar-refractivity contribution in [3.8, 4) is 0 Å². The van der Waals surface area contributed by atoms with Crippen LogP contribution in [0.15, 0.2) is 54.6 Å². The maximum absolute atomic E-state index is 11.5. The lowest BCUT2D eigenvalue weighted by molar-refractivity contribution is 0.112. The molecule has 0 aliphatic carbocycles. The van der Waals surface area contributed by atoms with Crippen LogP contribution in [0.1, 0.15) is 15.9 Å². The van der Waals surface area contributed by atoms with Crippen LogP contribution < -0.4 is 16.5 Å². The summed E-state index contributed by atoms with van der Waals surface area (Å²) in [5.74, 6) is 0. The third-order valence-corrected chi connectivity index (χ3v) is 4.06. The molecule has 0 spiro atoms. The molecular weight excluding hydrogens is 283 g/mol. The molecule has 113 valence electrons. The fraction of sp³-hybridized carbons (Fsp3) is 0.105. The predicted molar refractivity (Wildman–Crippen MR) is 98.8 cm³/mol. The molecular formula is C19H18BN2O. The van der Waals surface area contributed by atoms with E-state index >= 15 is 0 Å². The van der Waals surface area contributed by atoms with Crippen LogP contribution in [0.25, 0.3) is 10.8 Å². The van der Waals surface area contributed by atoms with Gasteiger partial charge in [0.05, 0.1) is 11.4 Å². The van der Waals surface area contributed by atoms with Crippen molar-refractivity contribution in [2.24, 2.45) is 0 Å². The monoisotopic (exact) mass is 301 g/mol. The average molecular weight is 301 g/mol. The Morgan fingerprint density at radius 1 is 1.09 bits per heavy atom. The number of benzene rings is 3. The molecule has 23 heavy (non-hydrogen) atoms. The number of nitrogens with one attached hydrogen (secondary N) is 1. The average Bonchev–Trinajstić information content (AvgIpc) is 2.60. The molecule has 0 heterocycles. The van der Waals surface area contributed by atoms with E-state index < -0.39 is 0 Å². The van der Waals surface area contributed by atoms with Gasteiger partial charge < -0.3 is 11.1 Å². The molecule has 0 atom stereocenters. The van der Waals surface area contributed by atoms with Crippen molar-refractivity contribution in [3.05, 3.63) is 65.7 Å². The van der Waals surface area contributed by atoms with E-state index in [4.69, 9.17) is 5.73 Å². The molecule has 0 aromatic heterocycles. The molecule has 0 bridgehead atoms. The van der Waals surface area contributed by atoms with Gasteiger partial charge in [-0.05, 0) is 28.5 Å². The smallest absolute Gasteiger partial charge is 0.150 e. The summed E-state index contributed by atoms with van der Waals surface area (Å²) in [5.41, 5.74) is 10.5. The fourth-order valence-electron chi connectivity index (χ4n) is 2.88. The maximum Gasteiger partial charge on any atom is 0.150 e. The van der Waals surface area contributed by atoms with E-state index in [1.54, 1.807) is 0 Å². The van der Waals surface area contributed by atoms with E-state index in [2.05, 4.69) is 30.8 Å². The van der Waals surface area contributed by atoms with E-state index in [1.165, 1.54) is 0 Å². The standard InChI is InChI=1S/C19H18BN2O/c1-20-16-10-9-13(11-22-18-8-3-2-7-17(18)21)19-14(12-23)5-4-6-15(16)19/h2-10,12,22H,11,21H2,1H3. The van der Waals surface area contributed by atoms with Crippen LogP contribution >= 0.6 is 0 Å². The van der Waals surface area contributed by atoms with Crippen LogP contribution in [0.3, 0.4) is 0 Å². The lowest BCUT2D eigenvalue weighted by Crippen LogP contribution is -2.14. The highest BCUT2D eigenvalue weighted by Gasteiger charge is 2.09. The van der Waals surface area contributed by atoms with Crippen molar-refractivity contribution in [3.63, 3.8) is 0 Å². The zero-order chi connectivity index (χ0) is 16.2. The number of hydrogen-bond donors (Lipinski definition) is 2. The number of nitrogens with two attached hydrogens (primary N) is 1. The van der Waals surface area contributed by atoms with E-state index in [9.17, 15) is 4.79 Å². The second kappa shape index (κ2) is 6.57. The zero-order valence-corrected chi connectivity index (χ0v) is 13.0. The Labute approximate surface area is 136 Å². The van der Waals surface area contributed by atoms with E-state index in [-0.39, 0.29) is 0 Å². The zero-order valence-electron chi connectivity index (χ0n) is 13.0. The fourth-order valence-corrected chi connectivity index (χ4v) is 2.88. The van der Waals surface area contributed by atoms with Gasteiger partial charge in [-0.1, -0.05) is 54.8 Å². The molecule has 0 amide bonds. The molecule has 0 saturated carbocycles. The number of aldehydes is 1. The highest BCUT2D eigenvalue weighted by Crippen LogP contribution is 2.23. The van der Waals surface area contributed by atoms with E-state index in [0.29, 0.717) is 17.8 Å². The SMILES string of the molecule is C[B]c1ccc(CNc2ccccc2N)c2c(C=O)cccc12. The maximum atomic E-state index is 11.5. The Bertz CT molecular complexity index is 861. The summed E-state index contributed by atoms with van der Waals surface area (Å²) in [5, 5.41) is 5.45. The molecule has 3 nitrogen and oxygen atoms in total. The van der Waals surface area contributed by atoms with Crippen LogP contribution in [0, 0.1) is 0 Å². The number of nitrogen functional groups attached to an aromatic ring is 1. The van der Waals surface area contributed by atoms with Gasteiger partial charge in [0.2, 0.25) is 0 Å². The number of carbonyl (C=O) groups is 1. The minimum Gasteiger partial charge on any atom is -0.397 e. The molecule has 0 aliphatic heterocycles. The molecule has 3 aromatic rings. The van der Waals surface area contributed by atoms with Gasteiger partial charge in [-0.25, -0.2) is 0 Å². The second-order valence-electron chi connectivity index (χ2n) is 5.43. The van der Waals surface area contributed by atoms with Crippen molar-refractivity contribution < 1.29 is 4.79 Å². The molecule has 1 radical (unpaired) electrons. The van der Waals surface area contributed by atoms with Crippen molar-refractivity contribution in [1.29, 1.82) is 0 Å². The van der Waals surface area contributed by atoms with Gasteiger partial charge in [0, 0.05) is 12.1 Å². The first-order valence-corrected chi connectivity index (χ1v) is 7.62. The Balaban J connectivity index is 2.04. The summed E-state index contributed by atoms with van der Waals surface area (Å²) in [6, 6.07) is 17.7. The second-order valence-corrected chi connectivity index (χ2v) is 5.43. The minimum atomic E-state index is 0.611. The normalized spacial score (nSPS) is 10.5. The quantitative estimate of drug-likeness (QED) is 0.432. The lowest BCUT2D eigenvalue weighted by atomic mass is 9.70. The number of anilines is 2. The van der Waals surface area contributed by atoms with Crippen LogP contribution in [0.4, 0.5) is 11.4 Å². The summed E-state index contributed by atoms with van der Waals surface area (Å²) in [4.78, 5) is 11.5. The Kier molecular flexibility index (Phi) is 4.33. The third kappa shape index (κ3) is 2.93. The summed E-state index contributed by atoms with van der Waals surface area (Å²) in [6.45, 7) is 2.62. The highest BCUT2D eigenvalue weighted by molar-refractivity contribution is 6.56. The Morgan fingerprint density at radius 2 is 1.91 bits per heavy atom. The largest absolute Gasteiger partial charge is 0.397 e. The summed E-state index contributed by atoms with van der Waals surface area (Å²) in [7, 11) is 2.06. The molecule has 0 aliphatic rings. The van der Waals surface area contributed by atoms with E-state index in [1.807, 2.05) is 43.2 Å². The molecule has 0 unspecified atom stereocenters. The first kappa shape index (κ1) is 15.2. The van der Waals surface area contributed by atoms with Crippen LogP contribution in [0.5, 0.6) is 0 Å². The Morgan fingerprint density at radius 3 is 2.65 bits per heavy atom. The van der Waals surface area contributed by atoms with Crippen molar-refractivity contribution in [2.45, 2.75) is 13.4 Å². The third-order valence-electron chi connectivity index (χ3n) is 4.06. The van der Waals surface area contributed by atoms with Crippen LogP contribution in [0.2, 0.25) is 6.82 Å². The first-order valence-electron chi connectivity index (χ1n) is 7.62. The van der Waals surface area contributed by atoms with Gasteiger partial charge in [0.25, 0.3) is 0 Å². The molecule has 0 fully saturated rings.